The predicted octanol–water partition coefficient (Wildman–Crippen LogP) is 2.07. The van der Waals surface area contributed by atoms with Gasteiger partial charge in [-0.25, -0.2) is 8.42 Å². The Labute approximate surface area is 113 Å². The molecule has 1 aromatic carbocycles. The molecule has 0 atom stereocenters. The molecule has 0 aliphatic rings. The number of nitrogens with one attached hydrogen (secondary N) is 1. The summed E-state index contributed by atoms with van der Waals surface area (Å²) in [6.07, 6.45) is 0.222. The predicted molar refractivity (Wildman–Crippen MR) is 73.3 cm³/mol. The van der Waals surface area contributed by atoms with E-state index in [9.17, 15) is 8.42 Å². The summed E-state index contributed by atoms with van der Waals surface area (Å²) < 4.78 is 26.3. The Balaban J connectivity index is 2.80. The van der Waals surface area contributed by atoms with Crippen LogP contribution in [0.3, 0.4) is 0 Å². The van der Waals surface area contributed by atoms with Gasteiger partial charge in [0.05, 0.1) is 11.4 Å². The van der Waals surface area contributed by atoms with Crippen molar-refractivity contribution >= 4 is 49.9 Å². The van der Waals surface area contributed by atoms with Crippen LogP contribution < -0.4 is 4.72 Å². The molecule has 0 heterocycles. The van der Waals surface area contributed by atoms with Crippen molar-refractivity contribution in [1.82, 2.24) is 0 Å². The van der Waals surface area contributed by atoms with Crippen molar-refractivity contribution in [3.05, 3.63) is 26.8 Å². The third-order valence-corrected chi connectivity index (χ3v) is 4.25. The van der Waals surface area contributed by atoms with Gasteiger partial charge in [-0.05, 0) is 47.2 Å². The molecule has 0 fully saturated rings. The Morgan fingerprint density at radius 3 is 2.69 bits per heavy atom. The highest BCUT2D eigenvalue weighted by Crippen LogP contribution is 2.23. The lowest BCUT2D eigenvalue weighted by molar-refractivity contribution is 0.295. The van der Waals surface area contributed by atoms with Crippen LogP contribution in [0.15, 0.2) is 18.2 Å². The van der Waals surface area contributed by atoms with Crippen molar-refractivity contribution in [2.45, 2.75) is 6.42 Å². The van der Waals surface area contributed by atoms with Crippen LogP contribution in [-0.4, -0.2) is 25.9 Å². The number of sulfonamides is 1. The van der Waals surface area contributed by atoms with Gasteiger partial charge in [0.15, 0.2) is 0 Å². The van der Waals surface area contributed by atoms with Gasteiger partial charge < -0.3 is 5.11 Å². The van der Waals surface area contributed by atoms with Crippen molar-refractivity contribution in [3.63, 3.8) is 0 Å². The lowest BCUT2D eigenvalue weighted by Crippen LogP contribution is -2.18. The smallest absolute Gasteiger partial charge is 0.232 e. The summed E-state index contributed by atoms with van der Waals surface area (Å²) in [6.45, 7) is -0.140. The van der Waals surface area contributed by atoms with Gasteiger partial charge in [0.2, 0.25) is 10.0 Å². The molecule has 4 nitrogen and oxygen atoms in total. The monoisotopic (exact) mass is 375 g/mol. The molecule has 0 saturated heterocycles. The second kappa shape index (κ2) is 6.04. The second-order valence-corrected chi connectivity index (χ2v) is 6.56. The SMILES string of the molecule is O=S(=O)(CCCO)Nc1ccc(Cl)cc1I. The molecular formula is C9H11ClINO3S. The van der Waals surface area contributed by atoms with Gasteiger partial charge in [-0.3, -0.25) is 4.72 Å². The number of benzene rings is 1. The van der Waals surface area contributed by atoms with Gasteiger partial charge in [0.1, 0.15) is 0 Å². The maximum Gasteiger partial charge on any atom is 0.232 e. The number of halogens is 2. The average Bonchev–Trinajstić information content (AvgIpc) is 2.19. The maximum absolute atomic E-state index is 11.5. The van der Waals surface area contributed by atoms with E-state index in [1.165, 1.54) is 0 Å². The normalized spacial score (nSPS) is 11.4. The van der Waals surface area contributed by atoms with Crippen molar-refractivity contribution in [1.29, 1.82) is 0 Å². The number of hydrogen-bond donors (Lipinski definition) is 2. The van der Waals surface area contributed by atoms with E-state index in [0.29, 0.717) is 10.7 Å². The van der Waals surface area contributed by atoms with Gasteiger partial charge in [-0.1, -0.05) is 11.6 Å². The van der Waals surface area contributed by atoms with E-state index in [2.05, 4.69) is 4.72 Å². The van der Waals surface area contributed by atoms with Crippen LogP contribution >= 0.6 is 34.2 Å². The molecule has 0 aliphatic heterocycles. The van der Waals surface area contributed by atoms with Gasteiger partial charge in [0, 0.05) is 15.2 Å². The van der Waals surface area contributed by atoms with Crippen molar-refractivity contribution in [3.8, 4) is 0 Å². The largest absolute Gasteiger partial charge is 0.396 e. The van der Waals surface area contributed by atoms with E-state index in [-0.39, 0.29) is 18.8 Å². The zero-order valence-corrected chi connectivity index (χ0v) is 12.0. The first-order valence-electron chi connectivity index (χ1n) is 4.51. The molecule has 90 valence electrons. The number of rotatable bonds is 5. The van der Waals surface area contributed by atoms with Crippen molar-refractivity contribution in [2.24, 2.45) is 0 Å². The Morgan fingerprint density at radius 2 is 2.12 bits per heavy atom. The van der Waals surface area contributed by atoms with Crippen LogP contribution in [-0.2, 0) is 10.0 Å². The zero-order valence-electron chi connectivity index (χ0n) is 8.28. The van der Waals surface area contributed by atoms with Crippen LogP contribution in [0.25, 0.3) is 0 Å². The van der Waals surface area contributed by atoms with Crippen molar-refractivity contribution < 1.29 is 13.5 Å². The first-order valence-corrected chi connectivity index (χ1v) is 7.62. The molecule has 7 heteroatoms. The number of aliphatic hydroxyl groups excluding tert-OH is 1. The van der Waals surface area contributed by atoms with Crippen LogP contribution in [0.1, 0.15) is 6.42 Å². The van der Waals surface area contributed by atoms with Gasteiger partial charge >= 0.3 is 0 Å². The number of aliphatic hydroxyl groups is 1. The Morgan fingerprint density at radius 1 is 1.44 bits per heavy atom. The van der Waals surface area contributed by atoms with Gasteiger partial charge in [-0.2, -0.15) is 0 Å². The first-order chi connectivity index (χ1) is 7.44. The number of hydrogen-bond acceptors (Lipinski definition) is 3. The maximum atomic E-state index is 11.5. The molecule has 0 aromatic heterocycles. The van der Waals surface area contributed by atoms with Crippen LogP contribution in [0.5, 0.6) is 0 Å². The molecule has 0 bridgehead atoms. The Hall–Kier alpha value is -0.0500. The summed E-state index contributed by atoms with van der Waals surface area (Å²) >= 11 is 7.76. The fourth-order valence-electron chi connectivity index (χ4n) is 1.05. The highest BCUT2D eigenvalue weighted by Gasteiger charge is 2.11. The minimum absolute atomic E-state index is 0.0950. The summed E-state index contributed by atoms with van der Waals surface area (Å²) in [7, 11) is -3.39. The third-order valence-electron chi connectivity index (χ3n) is 1.77. The van der Waals surface area contributed by atoms with E-state index >= 15 is 0 Å². The van der Waals surface area contributed by atoms with Crippen LogP contribution in [0, 0.1) is 3.57 Å². The van der Waals surface area contributed by atoms with Crippen LogP contribution in [0.4, 0.5) is 5.69 Å². The molecule has 0 saturated carbocycles. The van der Waals surface area contributed by atoms with Gasteiger partial charge in [0.25, 0.3) is 0 Å². The van der Waals surface area contributed by atoms with Crippen molar-refractivity contribution in [2.75, 3.05) is 17.1 Å². The third kappa shape index (κ3) is 4.44. The molecule has 1 aromatic rings. The Bertz CT molecular complexity index is 464. The van der Waals surface area contributed by atoms with E-state index < -0.39 is 10.0 Å². The zero-order chi connectivity index (χ0) is 12.2. The minimum Gasteiger partial charge on any atom is -0.396 e. The first kappa shape index (κ1) is 14.0. The highest BCUT2D eigenvalue weighted by molar-refractivity contribution is 14.1. The lowest BCUT2D eigenvalue weighted by atomic mass is 10.3. The summed E-state index contributed by atoms with van der Waals surface area (Å²) in [6, 6.07) is 4.90. The molecule has 0 radical (unpaired) electrons. The molecule has 0 unspecified atom stereocenters. The molecule has 16 heavy (non-hydrogen) atoms. The van der Waals surface area contributed by atoms with E-state index in [1.54, 1.807) is 18.2 Å². The summed E-state index contributed by atoms with van der Waals surface area (Å²) in [5.74, 6) is -0.0950. The summed E-state index contributed by atoms with van der Waals surface area (Å²) in [5, 5.41) is 9.13. The standard InChI is InChI=1S/C9H11ClINO3S/c10-7-2-3-9(8(11)6-7)12-16(14,15)5-1-4-13/h2-3,6,12-13H,1,4-5H2. The van der Waals surface area contributed by atoms with E-state index in [4.69, 9.17) is 16.7 Å². The fourth-order valence-corrected chi connectivity index (χ4v) is 3.36. The lowest BCUT2D eigenvalue weighted by Gasteiger charge is -2.09. The topological polar surface area (TPSA) is 66.4 Å². The molecule has 2 N–H and O–H groups in total. The minimum atomic E-state index is -3.39. The highest BCUT2D eigenvalue weighted by atomic mass is 127. The van der Waals surface area contributed by atoms with Crippen LogP contribution in [0.2, 0.25) is 5.02 Å². The molecule has 0 amide bonds. The molecule has 0 spiro atoms. The van der Waals surface area contributed by atoms with Gasteiger partial charge in [-0.15, -0.1) is 0 Å². The summed E-state index contributed by atoms with van der Waals surface area (Å²) in [5.41, 5.74) is 0.503. The molecule has 1 rings (SSSR count). The fraction of sp³-hybridized carbons (Fsp3) is 0.333. The second-order valence-electron chi connectivity index (χ2n) is 3.12. The quantitative estimate of drug-likeness (QED) is 0.774. The summed E-state index contributed by atoms with van der Waals surface area (Å²) in [4.78, 5) is 0. The van der Waals surface area contributed by atoms with E-state index in [0.717, 1.165) is 3.57 Å². The molecular weight excluding hydrogens is 365 g/mol. The van der Waals surface area contributed by atoms with E-state index in [1.807, 2.05) is 22.6 Å². The number of anilines is 1. The molecule has 0 aliphatic carbocycles. The Kier molecular flexibility index (Phi) is 5.29. The average molecular weight is 376 g/mol.